The van der Waals surface area contributed by atoms with Crippen LogP contribution in [-0.2, 0) is 18.4 Å². The second-order valence-electron chi connectivity index (χ2n) is 22.4. The van der Waals surface area contributed by atoms with E-state index in [1.54, 1.807) is 0 Å². The Morgan fingerprint density at radius 2 is 0.759 bits per heavy atom. The van der Waals surface area contributed by atoms with Crippen molar-refractivity contribution in [3.05, 3.63) is 134 Å². The van der Waals surface area contributed by atoms with E-state index in [2.05, 4.69) is 153 Å². The van der Waals surface area contributed by atoms with Crippen molar-refractivity contribution < 1.29 is 32.9 Å². The zero-order valence-electron chi connectivity index (χ0n) is 51.6. The number of carbonyl (C=O) groups is 1. The summed E-state index contributed by atoms with van der Waals surface area (Å²) in [7, 11) is 1.59. The number of rotatable bonds is 57. The molecule has 0 rings (SSSR count). The molecule has 0 spiro atoms. The van der Waals surface area contributed by atoms with Crippen molar-refractivity contribution in [2.24, 2.45) is 0 Å². The molecule has 79 heavy (non-hydrogen) atoms. The zero-order chi connectivity index (χ0) is 57.7. The summed E-state index contributed by atoms with van der Waals surface area (Å²) in [5.41, 5.74) is 0. The Bertz CT molecular complexity index is 1750. The maximum Gasteiger partial charge on any atom is 0.472 e. The number of hydrogen-bond donors (Lipinski definition) is 3. The Hall–Kier alpha value is -3.36. The quantitative estimate of drug-likeness (QED) is 0.0243. The van der Waals surface area contributed by atoms with E-state index in [0.29, 0.717) is 23.9 Å². The first kappa shape index (κ1) is 75.6. The third-order valence-electron chi connectivity index (χ3n) is 13.7. The number of allylic oxidation sites excluding steroid dienone is 22. The van der Waals surface area contributed by atoms with Crippen molar-refractivity contribution in [1.29, 1.82) is 0 Å². The van der Waals surface area contributed by atoms with Crippen LogP contribution in [0.15, 0.2) is 134 Å². The van der Waals surface area contributed by atoms with Crippen LogP contribution in [0.25, 0.3) is 0 Å². The van der Waals surface area contributed by atoms with Crippen LogP contribution in [0.2, 0.25) is 0 Å². The van der Waals surface area contributed by atoms with E-state index in [0.717, 1.165) is 122 Å². The van der Waals surface area contributed by atoms with Crippen molar-refractivity contribution in [2.45, 2.75) is 264 Å². The molecule has 0 fully saturated rings. The molecule has 3 N–H and O–H groups in total. The average molecular weight is 1120 g/mol. The lowest BCUT2D eigenvalue weighted by atomic mass is 10.0. The smallest absolute Gasteiger partial charge is 0.391 e. The molecule has 3 unspecified atom stereocenters. The minimum absolute atomic E-state index is 0.0663. The Labute approximate surface area is 487 Å². The minimum Gasteiger partial charge on any atom is -0.391 e. The number of likely N-dealkylation sites (N-methyl/N-ethyl adjacent to an activating group) is 1. The molecule has 452 valence electrons. The highest BCUT2D eigenvalue weighted by Crippen LogP contribution is 2.43. The molecule has 1 amide bonds. The maximum atomic E-state index is 13.0. The SMILES string of the molecule is CC/C=C\C/C=C\C/C=C\C/C=C\C/C=C\C/C=C\C/C=C\C/C=C\C/C=C\C/C=C\C/C=C\CCCCCCCCCC(=O)NC(COP(=O)(O)OCC[N+](C)(C)C)C(O)CCCCCCCCCCCCCCCCCC. The number of nitrogens with zero attached hydrogens (tertiary/aromatic N) is 1. The van der Waals surface area contributed by atoms with Gasteiger partial charge < -0.3 is 19.8 Å². The number of aliphatic hydroxyl groups is 1. The van der Waals surface area contributed by atoms with E-state index in [1.165, 1.54) is 103 Å². The van der Waals surface area contributed by atoms with Gasteiger partial charge in [0.2, 0.25) is 5.91 Å². The predicted molar refractivity (Wildman–Crippen MR) is 345 cm³/mol. The molecule has 0 aliphatic carbocycles. The van der Waals surface area contributed by atoms with Gasteiger partial charge in [0.25, 0.3) is 0 Å². The summed E-state index contributed by atoms with van der Waals surface area (Å²) in [5.74, 6) is -0.160. The van der Waals surface area contributed by atoms with Gasteiger partial charge in [-0.05, 0) is 96.3 Å². The summed E-state index contributed by atoms with van der Waals surface area (Å²) in [6, 6.07) is -0.776. The molecular weight excluding hydrogens is 996 g/mol. The Kier molecular flexibility index (Phi) is 56.7. The molecule has 0 radical (unpaired) electrons. The Morgan fingerprint density at radius 1 is 0.443 bits per heavy atom. The second-order valence-corrected chi connectivity index (χ2v) is 23.9. The largest absolute Gasteiger partial charge is 0.472 e. The Balaban J connectivity index is 4.12. The summed E-state index contributed by atoms with van der Waals surface area (Å²) in [4.78, 5) is 23.4. The van der Waals surface area contributed by atoms with Gasteiger partial charge >= 0.3 is 7.82 Å². The fraction of sp³-hybridized carbons (Fsp3) is 0.671. The molecule has 0 bridgehead atoms. The zero-order valence-corrected chi connectivity index (χ0v) is 52.5. The minimum atomic E-state index is -4.34. The van der Waals surface area contributed by atoms with Gasteiger partial charge in [0, 0.05) is 6.42 Å². The number of phosphoric ester groups is 1. The van der Waals surface area contributed by atoms with E-state index in [4.69, 9.17) is 9.05 Å². The number of carbonyl (C=O) groups excluding carboxylic acids is 1. The molecule has 0 aliphatic heterocycles. The monoisotopic (exact) mass is 1120 g/mol. The van der Waals surface area contributed by atoms with Gasteiger partial charge in [-0.25, -0.2) is 4.57 Å². The number of phosphoric acid groups is 1. The molecule has 0 saturated carbocycles. The first-order valence-corrected chi connectivity index (χ1v) is 33.5. The average Bonchev–Trinajstić information content (AvgIpc) is 3.42. The highest BCUT2D eigenvalue weighted by atomic mass is 31.2. The first-order chi connectivity index (χ1) is 38.5. The lowest BCUT2D eigenvalue weighted by molar-refractivity contribution is -0.870. The standard InChI is InChI=1S/C70H121N2O6P/c1-6-8-10-12-14-16-18-20-22-24-25-26-27-28-29-30-31-32-33-34-35-36-37-38-39-40-41-42-43-44-45-46-47-48-50-52-54-56-58-60-62-64-70(74)71-68(67-78-79(75,76)77-66-65-72(3,4)5)69(73)63-61-59-57-55-53-51-49-23-21-19-17-15-13-11-9-7-2/h8,10,14,16,20,22,25-26,28-29,31-32,34-35,37-38,40-41,43-44,46-47,68-69,73H,6-7,9,11-13,15,17-19,21,23-24,27,30,33,36,39,42,45,48-67H2,1-5H3,(H-,71,74,75,76)/p+1/b10-8-,16-14-,22-20-,26-25-,29-28-,32-31-,35-34-,38-37-,41-40-,44-43-,47-46-. The molecule has 3 atom stereocenters. The van der Waals surface area contributed by atoms with Crippen molar-refractivity contribution >= 4 is 13.7 Å². The van der Waals surface area contributed by atoms with Crippen LogP contribution in [0.3, 0.4) is 0 Å². The van der Waals surface area contributed by atoms with Gasteiger partial charge in [-0.15, -0.1) is 0 Å². The fourth-order valence-corrected chi connectivity index (χ4v) is 9.43. The van der Waals surface area contributed by atoms with Crippen LogP contribution in [0.1, 0.15) is 251 Å². The van der Waals surface area contributed by atoms with Crippen LogP contribution < -0.4 is 5.32 Å². The summed E-state index contributed by atoms with van der Waals surface area (Å²) in [6.45, 7) is 4.76. The van der Waals surface area contributed by atoms with Crippen LogP contribution in [0.4, 0.5) is 0 Å². The highest BCUT2D eigenvalue weighted by molar-refractivity contribution is 7.47. The topological polar surface area (TPSA) is 105 Å². The number of nitrogens with one attached hydrogen (secondary N) is 1. The Morgan fingerprint density at radius 3 is 1.11 bits per heavy atom. The third kappa shape index (κ3) is 62.1. The van der Waals surface area contributed by atoms with Crippen molar-refractivity contribution in [3.63, 3.8) is 0 Å². The summed E-state index contributed by atoms with van der Waals surface area (Å²) < 4.78 is 23.8. The second kappa shape index (κ2) is 59.3. The van der Waals surface area contributed by atoms with E-state index in [1.807, 2.05) is 21.1 Å². The summed E-state index contributed by atoms with van der Waals surface area (Å²) in [6.07, 6.45) is 89.5. The molecule has 0 aromatic carbocycles. The highest BCUT2D eigenvalue weighted by Gasteiger charge is 2.28. The molecular formula is C70H122N2O6P+. The number of aliphatic hydroxyl groups excluding tert-OH is 1. The van der Waals surface area contributed by atoms with Crippen molar-refractivity contribution in [3.8, 4) is 0 Å². The lowest BCUT2D eigenvalue weighted by Crippen LogP contribution is -2.46. The van der Waals surface area contributed by atoms with Crippen LogP contribution in [0, 0.1) is 0 Å². The number of quaternary nitrogens is 1. The lowest BCUT2D eigenvalue weighted by Gasteiger charge is -2.26. The summed E-state index contributed by atoms with van der Waals surface area (Å²) in [5, 5.41) is 14.1. The normalized spacial score (nSPS) is 14.7. The molecule has 0 aliphatic rings. The van der Waals surface area contributed by atoms with E-state index in [-0.39, 0.29) is 19.1 Å². The molecule has 9 heteroatoms. The third-order valence-corrected chi connectivity index (χ3v) is 14.6. The van der Waals surface area contributed by atoms with Gasteiger partial charge in [0.05, 0.1) is 39.9 Å². The van der Waals surface area contributed by atoms with Crippen LogP contribution in [0.5, 0.6) is 0 Å². The van der Waals surface area contributed by atoms with E-state index < -0.39 is 20.0 Å². The van der Waals surface area contributed by atoms with Crippen molar-refractivity contribution in [2.75, 3.05) is 40.9 Å². The number of amides is 1. The van der Waals surface area contributed by atoms with Crippen LogP contribution >= 0.6 is 7.82 Å². The van der Waals surface area contributed by atoms with Gasteiger partial charge in [-0.3, -0.25) is 13.8 Å². The predicted octanol–water partition coefficient (Wildman–Crippen LogP) is 20.3. The number of hydrogen-bond acceptors (Lipinski definition) is 5. The van der Waals surface area contributed by atoms with Gasteiger partial charge in [0.15, 0.2) is 0 Å². The van der Waals surface area contributed by atoms with Crippen molar-refractivity contribution in [1.82, 2.24) is 5.32 Å². The fourth-order valence-electron chi connectivity index (χ4n) is 8.70. The molecule has 0 aromatic rings. The molecule has 0 heterocycles. The maximum absolute atomic E-state index is 13.0. The summed E-state index contributed by atoms with van der Waals surface area (Å²) >= 11 is 0. The van der Waals surface area contributed by atoms with Gasteiger partial charge in [-0.2, -0.15) is 0 Å². The van der Waals surface area contributed by atoms with Gasteiger partial charge in [-0.1, -0.05) is 282 Å². The first-order valence-electron chi connectivity index (χ1n) is 32.0. The number of unbranched alkanes of at least 4 members (excludes halogenated alkanes) is 22. The molecule has 0 saturated heterocycles. The van der Waals surface area contributed by atoms with E-state index in [9.17, 15) is 19.4 Å². The molecule has 0 aromatic heterocycles. The molecule has 8 nitrogen and oxygen atoms in total. The van der Waals surface area contributed by atoms with Crippen LogP contribution in [-0.4, -0.2) is 73.4 Å². The van der Waals surface area contributed by atoms with E-state index >= 15 is 0 Å². The van der Waals surface area contributed by atoms with Gasteiger partial charge in [0.1, 0.15) is 13.2 Å².